The molecule has 2 heterocycles. The molecule has 1 saturated carbocycles. The first-order valence-electron chi connectivity index (χ1n) is 13.2. The highest BCUT2D eigenvalue weighted by atomic mass is 35.5. The molecule has 0 aromatic heterocycles. The summed E-state index contributed by atoms with van der Waals surface area (Å²) in [7, 11) is 0. The molecule has 0 aromatic rings. The summed E-state index contributed by atoms with van der Waals surface area (Å²) in [5, 5.41) is 5.14. The van der Waals surface area contributed by atoms with Crippen LogP contribution in [0, 0.1) is 29.1 Å². The van der Waals surface area contributed by atoms with Gasteiger partial charge in [-0.2, -0.15) is 0 Å². The van der Waals surface area contributed by atoms with Crippen molar-refractivity contribution in [2.24, 2.45) is 29.1 Å². The molecule has 1 aliphatic carbocycles. The van der Waals surface area contributed by atoms with E-state index < -0.39 is 0 Å². The second-order valence-corrected chi connectivity index (χ2v) is 14.4. The molecule has 10 heteroatoms. The number of piperidine rings is 1. The molecule has 3 rings (SSSR count). The fourth-order valence-electron chi connectivity index (χ4n) is 6.46. The van der Waals surface area contributed by atoms with Gasteiger partial charge in [0.15, 0.2) is 0 Å². The van der Waals surface area contributed by atoms with E-state index in [-0.39, 0.29) is 34.8 Å². The number of nitrogens with one attached hydrogen (secondary N) is 1. The summed E-state index contributed by atoms with van der Waals surface area (Å²) >= 11 is 8.43. The van der Waals surface area contributed by atoms with Gasteiger partial charge < -0.3 is 37.6 Å². The predicted molar refractivity (Wildman–Crippen MR) is 164 cm³/mol. The van der Waals surface area contributed by atoms with E-state index in [1.165, 1.54) is 77.8 Å². The Labute approximate surface area is 237 Å². The predicted octanol–water partition coefficient (Wildman–Crippen LogP) is 2.64. The van der Waals surface area contributed by atoms with Crippen LogP contribution in [0.4, 0.5) is 0 Å². The number of halogens is 1. The first kappa shape index (κ1) is 44.3. The lowest BCUT2D eigenvalue weighted by atomic mass is 9.64. The van der Waals surface area contributed by atoms with E-state index in [4.69, 9.17) is 11.6 Å². The maximum Gasteiger partial charge on any atom is 0.0336 e. The van der Waals surface area contributed by atoms with Crippen molar-refractivity contribution < 1.29 is 27.4 Å². The van der Waals surface area contributed by atoms with E-state index in [0.29, 0.717) is 28.0 Å². The van der Waals surface area contributed by atoms with Crippen LogP contribution in [0.15, 0.2) is 0 Å². The number of alkyl halides is 1. The topological polar surface area (TPSA) is 176 Å². The van der Waals surface area contributed by atoms with Gasteiger partial charge in [0.2, 0.25) is 0 Å². The molecule has 0 aromatic carbocycles. The summed E-state index contributed by atoms with van der Waals surface area (Å²) in [4.78, 5) is 2.77. The molecular weight excluding hydrogens is 514 g/mol. The van der Waals surface area contributed by atoms with Crippen molar-refractivity contribution in [2.75, 3.05) is 39.3 Å². The highest BCUT2D eigenvalue weighted by Gasteiger charge is 2.41. The Hall–Kier alpha value is 0.320. The van der Waals surface area contributed by atoms with Gasteiger partial charge in [-0.05, 0) is 80.7 Å². The van der Waals surface area contributed by atoms with E-state index in [1.54, 1.807) is 0 Å². The van der Waals surface area contributed by atoms with Crippen molar-refractivity contribution in [1.29, 1.82) is 0 Å². The maximum atomic E-state index is 6.39. The fourth-order valence-corrected chi connectivity index (χ4v) is 7.82. The second kappa shape index (κ2) is 20.2. The Morgan fingerprint density at radius 3 is 2.00 bits per heavy atom. The van der Waals surface area contributed by atoms with E-state index >= 15 is 0 Å². The van der Waals surface area contributed by atoms with Gasteiger partial charge in [0.1, 0.15) is 0 Å². The minimum atomic E-state index is 0. The van der Waals surface area contributed by atoms with Gasteiger partial charge in [0.25, 0.3) is 0 Å². The van der Waals surface area contributed by atoms with Crippen LogP contribution in [-0.4, -0.2) is 92.5 Å². The van der Waals surface area contributed by atoms with Crippen molar-refractivity contribution in [2.45, 2.75) is 104 Å². The van der Waals surface area contributed by atoms with E-state index in [2.05, 4.69) is 56.1 Å². The van der Waals surface area contributed by atoms with Gasteiger partial charge in [-0.15, -0.1) is 11.6 Å². The van der Waals surface area contributed by atoms with Crippen molar-refractivity contribution in [1.82, 2.24) is 14.5 Å². The average molecular weight is 578 g/mol. The fraction of sp³-hybridized carbons (Fsp3) is 1.00. The van der Waals surface area contributed by atoms with E-state index in [1.807, 2.05) is 11.9 Å². The van der Waals surface area contributed by atoms with Crippen LogP contribution < -0.4 is 5.32 Å². The monoisotopic (exact) mass is 577 g/mol. The zero-order valence-corrected chi connectivity index (χ0v) is 25.3. The first-order valence-corrected chi connectivity index (χ1v) is 14.4. The summed E-state index contributed by atoms with van der Waals surface area (Å²) < 4.78 is 2.59. The molecule has 0 unspecified atom stereocenters. The Morgan fingerprint density at radius 1 is 0.892 bits per heavy atom. The minimum absolute atomic E-state index is 0. The summed E-state index contributed by atoms with van der Waals surface area (Å²) in [6.07, 6.45) is 7.89. The normalized spacial score (nSPS) is 28.5. The maximum absolute atomic E-state index is 6.39. The number of hydrogen-bond acceptors (Lipinski definition) is 4. The Kier molecular flexibility index (Phi) is 24.3. The smallest absolute Gasteiger partial charge is 0.0336 e. The van der Waals surface area contributed by atoms with Crippen LogP contribution in [0.2, 0.25) is 0 Å². The molecule has 3 fully saturated rings. The first-order chi connectivity index (χ1) is 14.6. The highest BCUT2D eigenvalue weighted by molar-refractivity contribution is 7.97. The molecule has 0 amide bonds. The molecule has 11 N–H and O–H groups in total. The standard InChI is InChI=1S/C26H50ClN3S.CH4.5H2O/c1-19(2)25(28-15-21-11-14-30(16-21)31-20(3)4)17-29-13-12-24(26(5,6)18-29)22-7-9-23(27)10-8-22;;;;;;/h19-25,28H,7-18H2,1-6H3;1H4;5*1H2/t21-,22?,23?,24+,25-;;;;;;/m0....../s1. The van der Waals surface area contributed by atoms with Crippen molar-refractivity contribution >= 4 is 23.5 Å². The second-order valence-electron chi connectivity index (χ2n) is 12.1. The van der Waals surface area contributed by atoms with Crippen LogP contribution >= 0.6 is 23.5 Å². The molecule has 0 radical (unpaired) electrons. The van der Waals surface area contributed by atoms with Crippen molar-refractivity contribution in [3.8, 4) is 0 Å². The quantitative estimate of drug-likeness (QED) is 0.327. The lowest BCUT2D eigenvalue weighted by Gasteiger charge is -2.49. The third-order valence-electron chi connectivity index (χ3n) is 8.20. The number of nitrogens with zero attached hydrogens (tertiary/aromatic N) is 2. The average Bonchev–Trinajstić information content (AvgIpc) is 3.12. The Bertz CT molecular complexity index is 554. The molecule has 3 atom stereocenters. The minimum Gasteiger partial charge on any atom is -0.412 e. The molecule has 0 bridgehead atoms. The largest absolute Gasteiger partial charge is 0.412 e. The Morgan fingerprint density at radius 2 is 1.49 bits per heavy atom. The molecule has 8 nitrogen and oxygen atoms in total. The van der Waals surface area contributed by atoms with Crippen LogP contribution in [0.5, 0.6) is 0 Å². The third-order valence-corrected chi connectivity index (χ3v) is 9.69. The Balaban J connectivity index is -0.000000907. The number of rotatable bonds is 9. The van der Waals surface area contributed by atoms with Gasteiger partial charge in [-0.25, -0.2) is 0 Å². The van der Waals surface area contributed by atoms with Crippen LogP contribution in [0.3, 0.4) is 0 Å². The number of hydrogen-bond donors (Lipinski definition) is 1. The summed E-state index contributed by atoms with van der Waals surface area (Å²) in [5.41, 5.74) is 0.420. The highest BCUT2D eigenvalue weighted by Crippen LogP contribution is 2.45. The lowest BCUT2D eigenvalue weighted by Crippen LogP contribution is -2.53. The summed E-state index contributed by atoms with van der Waals surface area (Å²) in [6.45, 7) is 21.9. The zero-order valence-electron chi connectivity index (χ0n) is 23.7. The SMILES string of the molecule is C.CC(C)SN1CC[C@@H](CN[C@@H](CN2CC[C@H](C3CCC(Cl)CC3)C(C)(C)C2)C(C)C)C1.O.O.O.O.O. The molecule has 3 aliphatic rings. The summed E-state index contributed by atoms with van der Waals surface area (Å²) in [6, 6.07) is 0.603. The van der Waals surface area contributed by atoms with Gasteiger partial charge >= 0.3 is 0 Å². The molecule has 2 saturated heterocycles. The van der Waals surface area contributed by atoms with Gasteiger partial charge in [-0.1, -0.05) is 60.9 Å². The van der Waals surface area contributed by atoms with Crippen LogP contribution in [-0.2, 0) is 0 Å². The van der Waals surface area contributed by atoms with Crippen LogP contribution in [0.1, 0.15) is 87.5 Å². The zero-order chi connectivity index (χ0) is 22.6. The molecular formula is C27H64ClN3O5S. The van der Waals surface area contributed by atoms with Gasteiger partial charge in [0.05, 0.1) is 0 Å². The molecule has 0 spiro atoms. The van der Waals surface area contributed by atoms with Crippen LogP contribution in [0.25, 0.3) is 0 Å². The number of likely N-dealkylation sites (tertiary alicyclic amines) is 1. The van der Waals surface area contributed by atoms with E-state index in [0.717, 1.165) is 17.8 Å². The van der Waals surface area contributed by atoms with Crippen molar-refractivity contribution in [3.63, 3.8) is 0 Å². The van der Waals surface area contributed by atoms with Gasteiger partial charge in [0, 0.05) is 42.8 Å². The molecule has 37 heavy (non-hydrogen) atoms. The van der Waals surface area contributed by atoms with Crippen molar-refractivity contribution in [3.05, 3.63) is 0 Å². The van der Waals surface area contributed by atoms with Gasteiger partial charge in [-0.3, -0.25) is 4.31 Å². The molecule has 230 valence electrons. The lowest BCUT2D eigenvalue weighted by molar-refractivity contribution is 0.00469. The van der Waals surface area contributed by atoms with E-state index in [9.17, 15) is 0 Å². The summed E-state index contributed by atoms with van der Waals surface area (Å²) in [5.74, 6) is 3.27. The molecule has 2 aliphatic heterocycles. The third kappa shape index (κ3) is 13.5.